The Morgan fingerprint density at radius 2 is 1.81 bits per heavy atom. The number of hydrogen-bond acceptors (Lipinski definition) is 5. The molecule has 5 nitrogen and oxygen atoms in total. The first-order valence-corrected chi connectivity index (χ1v) is 9.73. The number of fused-ring (bicyclic) bond motifs is 1. The number of allylic oxidation sites excluding steroid dienone is 1. The van der Waals surface area contributed by atoms with Gasteiger partial charge in [0.15, 0.2) is 11.9 Å². The first-order valence-electron chi connectivity index (χ1n) is 9.73. The minimum absolute atomic E-state index is 0.146. The van der Waals surface area contributed by atoms with Gasteiger partial charge in [-0.2, -0.15) is 0 Å². The summed E-state index contributed by atoms with van der Waals surface area (Å²) in [6, 6.07) is 0. The topological polar surface area (TPSA) is 69.7 Å². The fourth-order valence-corrected chi connectivity index (χ4v) is 4.67. The van der Waals surface area contributed by atoms with E-state index in [1.54, 1.807) is 19.9 Å². The molecule has 0 aliphatic heterocycles. The molecule has 5 heteroatoms. The van der Waals surface area contributed by atoms with E-state index in [0.29, 0.717) is 24.3 Å². The number of rotatable bonds is 4. The van der Waals surface area contributed by atoms with Crippen LogP contribution in [0, 0.1) is 23.2 Å². The maximum atomic E-state index is 13.5. The third-order valence-electron chi connectivity index (χ3n) is 6.64. The standard InChI is InChI=1S/C22H32O5/c1-8-13(4)21(25)27-20-16(12(2)3)11-22(7)14(5)9-10-17(26-15(6)23)18(22)19(20)24/h8,14,16-18,20H,2,9-11H2,1,3-7H3/b13-8+/t14-,16+,17-,18-,20+,22+/m0/s1. The van der Waals surface area contributed by atoms with Gasteiger partial charge in [-0.1, -0.05) is 32.1 Å². The highest BCUT2D eigenvalue weighted by Gasteiger charge is 2.59. The van der Waals surface area contributed by atoms with Crippen molar-refractivity contribution in [3.8, 4) is 0 Å². The molecule has 0 bridgehead atoms. The number of ether oxygens (including phenoxy) is 2. The van der Waals surface area contributed by atoms with Gasteiger partial charge in [0, 0.05) is 18.4 Å². The van der Waals surface area contributed by atoms with Crippen LogP contribution in [0.2, 0.25) is 0 Å². The molecule has 0 unspecified atom stereocenters. The zero-order valence-electron chi connectivity index (χ0n) is 17.3. The van der Waals surface area contributed by atoms with Crippen molar-refractivity contribution >= 4 is 17.7 Å². The highest BCUT2D eigenvalue weighted by atomic mass is 16.6. The molecule has 2 rings (SSSR count). The van der Waals surface area contributed by atoms with E-state index in [4.69, 9.17) is 9.47 Å². The molecular formula is C22H32O5. The van der Waals surface area contributed by atoms with E-state index in [9.17, 15) is 14.4 Å². The molecule has 0 heterocycles. The van der Waals surface area contributed by atoms with Crippen LogP contribution in [-0.4, -0.2) is 29.9 Å². The van der Waals surface area contributed by atoms with E-state index in [1.807, 2.05) is 6.92 Å². The second kappa shape index (κ2) is 7.99. The van der Waals surface area contributed by atoms with Crippen molar-refractivity contribution in [2.45, 2.75) is 73.0 Å². The predicted octanol–water partition coefficient (Wildman–Crippen LogP) is 4.01. The normalized spacial score (nSPS) is 36.6. The Morgan fingerprint density at radius 3 is 2.33 bits per heavy atom. The zero-order valence-corrected chi connectivity index (χ0v) is 17.3. The first kappa shape index (κ1) is 21.4. The molecule has 150 valence electrons. The third-order valence-corrected chi connectivity index (χ3v) is 6.64. The van der Waals surface area contributed by atoms with Crippen LogP contribution in [0.4, 0.5) is 0 Å². The Labute approximate surface area is 162 Å². The average molecular weight is 376 g/mol. The van der Waals surface area contributed by atoms with Crippen LogP contribution < -0.4 is 0 Å². The lowest BCUT2D eigenvalue weighted by molar-refractivity contribution is -0.183. The van der Waals surface area contributed by atoms with Gasteiger partial charge in [-0.15, -0.1) is 0 Å². The quantitative estimate of drug-likeness (QED) is 0.421. The van der Waals surface area contributed by atoms with Crippen molar-refractivity contribution in [2.75, 3.05) is 0 Å². The first-order chi connectivity index (χ1) is 12.5. The SMILES string of the molecule is C=C(C)[C@H]1C[C@@]2(C)[C@H](C(=O)[C@@H]1OC(=O)/C(C)=C/C)[C@@H](OC(C)=O)CC[C@@H]2C. The fourth-order valence-electron chi connectivity index (χ4n) is 4.67. The van der Waals surface area contributed by atoms with Gasteiger partial charge in [-0.05, 0) is 51.4 Å². The van der Waals surface area contributed by atoms with Crippen LogP contribution in [-0.2, 0) is 23.9 Å². The van der Waals surface area contributed by atoms with Crippen LogP contribution in [0.1, 0.15) is 60.8 Å². The number of carbonyl (C=O) groups is 3. The maximum Gasteiger partial charge on any atom is 0.334 e. The Kier molecular flexibility index (Phi) is 6.33. The second-order valence-electron chi connectivity index (χ2n) is 8.47. The molecule has 0 radical (unpaired) electrons. The monoisotopic (exact) mass is 376 g/mol. The molecule has 2 fully saturated rings. The van der Waals surface area contributed by atoms with E-state index >= 15 is 0 Å². The molecule has 2 aliphatic rings. The fraction of sp³-hybridized carbons (Fsp3) is 0.682. The van der Waals surface area contributed by atoms with E-state index < -0.39 is 24.1 Å². The highest BCUT2D eigenvalue weighted by Crippen LogP contribution is 2.55. The molecule has 2 aliphatic carbocycles. The second-order valence-corrected chi connectivity index (χ2v) is 8.47. The summed E-state index contributed by atoms with van der Waals surface area (Å²) in [6.07, 6.45) is 2.55. The van der Waals surface area contributed by atoms with Crippen molar-refractivity contribution in [2.24, 2.45) is 23.2 Å². The van der Waals surface area contributed by atoms with Crippen LogP contribution in [0.3, 0.4) is 0 Å². The van der Waals surface area contributed by atoms with E-state index in [1.165, 1.54) is 6.92 Å². The summed E-state index contributed by atoms with van der Waals surface area (Å²) < 4.78 is 11.2. The summed E-state index contributed by atoms with van der Waals surface area (Å²) in [6.45, 7) is 15.0. The van der Waals surface area contributed by atoms with Crippen LogP contribution in [0.5, 0.6) is 0 Å². The Hall–Kier alpha value is -1.91. The summed E-state index contributed by atoms with van der Waals surface area (Å²) in [5.74, 6) is -1.42. The molecule has 0 aromatic heterocycles. The molecule has 0 amide bonds. The lowest BCUT2D eigenvalue weighted by Crippen LogP contribution is -2.60. The van der Waals surface area contributed by atoms with E-state index in [2.05, 4.69) is 20.4 Å². The summed E-state index contributed by atoms with van der Waals surface area (Å²) >= 11 is 0. The lowest BCUT2D eigenvalue weighted by atomic mass is 9.51. The minimum Gasteiger partial charge on any atom is -0.462 e. The third kappa shape index (κ3) is 4.02. The molecule has 0 saturated heterocycles. The van der Waals surface area contributed by atoms with Crippen molar-refractivity contribution in [1.29, 1.82) is 0 Å². The van der Waals surface area contributed by atoms with E-state index in [-0.39, 0.29) is 23.1 Å². The molecular weight excluding hydrogens is 344 g/mol. The van der Waals surface area contributed by atoms with E-state index in [0.717, 1.165) is 12.0 Å². The van der Waals surface area contributed by atoms with Crippen molar-refractivity contribution in [3.63, 3.8) is 0 Å². The number of ketones is 1. The van der Waals surface area contributed by atoms with Gasteiger partial charge in [0.25, 0.3) is 0 Å². The molecule has 0 aromatic rings. The minimum atomic E-state index is -0.883. The van der Waals surface area contributed by atoms with Gasteiger partial charge in [-0.25, -0.2) is 4.79 Å². The van der Waals surface area contributed by atoms with Gasteiger partial charge in [0.05, 0.1) is 5.92 Å². The number of esters is 2. The van der Waals surface area contributed by atoms with Crippen molar-refractivity contribution in [1.82, 2.24) is 0 Å². The van der Waals surface area contributed by atoms with Crippen LogP contribution >= 0.6 is 0 Å². The van der Waals surface area contributed by atoms with Gasteiger partial charge in [-0.3, -0.25) is 9.59 Å². The smallest absolute Gasteiger partial charge is 0.334 e. The molecule has 2 saturated carbocycles. The van der Waals surface area contributed by atoms with Gasteiger partial charge in [0.1, 0.15) is 6.10 Å². The predicted molar refractivity (Wildman–Crippen MR) is 103 cm³/mol. The summed E-state index contributed by atoms with van der Waals surface area (Å²) in [4.78, 5) is 37.5. The maximum absolute atomic E-state index is 13.5. The lowest BCUT2D eigenvalue weighted by Gasteiger charge is -2.54. The highest BCUT2D eigenvalue weighted by molar-refractivity contribution is 5.94. The Balaban J connectivity index is 2.44. The molecule has 27 heavy (non-hydrogen) atoms. The van der Waals surface area contributed by atoms with Crippen LogP contribution in [0.15, 0.2) is 23.8 Å². The molecule has 0 N–H and O–H groups in total. The van der Waals surface area contributed by atoms with Gasteiger partial charge in [0.2, 0.25) is 0 Å². The van der Waals surface area contributed by atoms with Gasteiger partial charge < -0.3 is 9.47 Å². The summed E-state index contributed by atoms with van der Waals surface area (Å²) in [5.41, 5.74) is 0.975. The van der Waals surface area contributed by atoms with Crippen LogP contribution in [0.25, 0.3) is 0 Å². The summed E-state index contributed by atoms with van der Waals surface area (Å²) in [5, 5.41) is 0. The average Bonchev–Trinajstić information content (AvgIpc) is 2.58. The Bertz CT molecular complexity index is 676. The summed E-state index contributed by atoms with van der Waals surface area (Å²) in [7, 11) is 0. The molecule has 0 aromatic carbocycles. The number of hydrogen-bond donors (Lipinski definition) is 0. The Morgan fingerprint density at radius 1 is 1.19 bits per heavy atom. The molecule has 0 spiro atoms. The number of Topliss-reactive ketones (excluding diaryl/α,β-unsaturated/α-hetero) is 1. The number of carbonyl (C=O) groups excluding carboxylic acids is 3. The largest absolute Gasteiger partial charge is 0.462 e. The molecule has 6 atom stereocenters. The zero-order chi connectivity index (χ0) is 20.5. The van der Waals surface area contributed by atoms with Crippen molar-refractivity contribution in [3.05, 3.63) is 23.8 Å². The van der Waals surface area contributed by atoms with Gasteiger partial charge >= 0.3 is 11.9 Å². The van der Waals surface area contributed by atoms with Crippen molar-refractivity contribution < 1.29 is 23.9 Å².